The second-order valence-corrected chi connectivity index (χ2v) is 5.77. The molecule has 0 spiro atoms. The highest BCUT2D eigenvalue weighted by molar-refractivity contribution is 7.09. The summed E-state index contributed by atoms with van der Waals surface area (Å²) in [4.78, 5) is 3.46. The first-order chi connectivity index (χ1) is 9.13. The molecule has 4 heteroatoms. The third kappa shape index (κ3) is 3.14. The van der Waals surface area contributed by atoms with E-state index in [2.05, 4.69) is 30.2 Å². The van der Waals surface area contributed by atoms with Gasteiger partial charge in [0.25, 0.3) is 0 Å². The van der Waals surface area contributed by atoms with Gasteiger partial charge < -0.3 is 10.6 Å². The van der Waals surface area contributed by atoms with Crippen LogP contribution in [0, 0.1) is 5.82 Å². The average Bonchev–Trinajstić information content (AvgIpc) is 2.88. The van der Waals surface area contributed by atoms with Gasteiger partial charge in [-0.3, -0.25) is 0 Å². The lowest BCUT2D eigenvalue weighted by molar-refractivity contribution is 0.604. The van der Waals surface area contributed by atoms with Gasteiger partial charge in [0.15, 0.2) is 0 Å². The van der Waals surface area contributed by atoms with Crippen molar-refractivity contribution in [1.29, 1.82) is 0 Å². The Morgan fingerprint density at radius 3 is 2.63 bits per heavy atom. The van der Waals surface area contributed by atoms with Crippen LogP contribution in [0.2, 0.25) is 0 Å². The number of nitrogens with zero attached hydrogens (tertiary/aromatic N) is 1. The number of thiophene rings is 1. The molecule has 0 saturated heterocycles. The predicted octanol–water partition coefficient (Wildman–Crippen LogP) is 3.76. The molecule has 0 aliphatic carbocycles. The Hall–Kier alpha value is -1.39. The maximum absolute atomic E-state index is 13.8. The van der Waals surface area contributed by atoms with Crippen LogP contribution in [0.3, 0.4) is 0 Å². The molecular weight excluding hydrogens is 259 g/mol. The molecule has 0 radical (unpaired) electrons. The SMILES string of the molecule is CC(C)N(Cc1cccs1)c1cccc(F)c1CN. The first-order valence-electron chi connectivity index (χ1n) is 6.40. The van der Waals surface area contributed by atoms with Crippen molar-refractivity contribution in [2.24, 2.45) is 5.73 Å². The normalized spacial score (nSPS) is 11.0. The van der Waals surface area contributed by atoms with Gasteiger partial charge in [-0.15, -0.1) is 11.3 Å². The summed E-state index contributed by atoms with van der Waals surface area (Å²) in [5.74, 6) is -0.225. The van der Waals surface area contributed by atoms with Crippen molar-refractivity contribution in [2.75, 3.05) is 4.90 Å². The Morgan fingerprint density at radius 2 is 2.05 bits per heavy atom. The molecule has 2 aromatic rings. The molecule has 0 unspecified atom stereocenters. The minimum Gasteiger partial charge on any atom is -0.364 e. The van der Waals surface area contributed by atoms with E-state index in [0.717, 1.165) is 12.2 Å². The summed E-state index contributed by atoms with van der Waals surface area (Å²) < 4.78 is 13.8. The van der Waals surface area contributed by atoms with Crippen molar-refractivity contribution < 1.29 is 4.39 Å². The van der Waals surface area contributed by atoms with E-state index in [-0.39, 0.29) is 18.4 Å². The molecule has 0 fully saturated rings. The quantitative estimate of drug-likeness (QED) is 0.902. The van der Waals surface area contributed by atoms with Gasteiger partial charge in [-0.25, -0.2) is 4.39 Å². The van der Waals surface area contributed by atoms with Crippen LogP contribution < -0.4 is 10.6 Å². The zero-order valence-electron chi connectivity index (χ0n) is 11.3. The van der Waals surface area contributed by atoms with E-state index in [4.69, 9.17) is 5.73 Å². The third-order valence-corrected chi connectivity index (χ3v) is 4.00. The fourth-order valence-corrected chi connectivity index (χ4v) is 2.84. The van der Waals surface area contributed by atoms with Crippen molar-refractivity contribution in [3.05, 3.63) is 52.0 Å². The van der Waals surface area contributed by atoms with E-state index < -0.39 is 0 Å². The van der Waals surface area contributed by atoms with Crippen molar-refractivity contribution in [2.45, 2.75) is 33.0 Å². The van der Waals surface area contributed by atoms with Crippen LogP contribution in [0.1, 0.15) is 24.3 Å². The summed E-state index contributed by atoms with van der Waals surface area (Å²) in [6.45, 7) is 5.22. The molecule has 0 aliphatic heterocycles. The fraction of sp³-hybridized carbons (Fsp3) is 0.333. The molecule has 0 aliphatic rings. The number of hydrogen-bond donors (Lipinski definition) is 1. The summed E-state index contributed by atoms with van der Waals surface area (Å²) in [5.41, 5.74) is 7.18. The number of anilines is 1. The minimum absolute atomic E-state index is 0.218. The second kappa shape index (κ2) is 6.17. The number of benzene rings is 1. The van der Waals surface area contributed by atoms with E-state index in [9.17, 15) is 4.39 Å². The van der Waals surface area contributed by atoms with Crippen LogP contribution in [-0.2, 0) is 13.1 Å². The molecular formula is C15H19FN2S. The molecule has 19 heavy (non-hydrogen) atoms. The molecule has 2 rings (SSSR count). The molecule has 0 saturated carbocycles. The Balaban J connectivity index is 2.36. The molecule has 1 aromatic carbocycles. The van der Waals surface area contributed by atoms with Crippen molar-refractivity contribution in [3.8, 4) is 0 Å². The lowest BCUT2D eigenvalue weighted by atomic mass is 10.1. The average molecular weight is 278 g/mol. The van der Waals surface area contributed by atoms with Gasteiger partial charge in [0.2, 0.25) is 0 Å². The van der Waals surface area contributed by atoms with Gasteiger partial charge in [-0.1, -0.05) is 12.1 Å². The first-order valence-corrected chi connectivity index (χ1v) is 7.28. The smallest absolute Gasteiger partial charge is 0.129 e. The molecule has 1 heterocycles. The number of rotatable bonds is 5. The van der Waals surface area contributed by atoms with Gasteiger partial charge in [0.05, 0.1) is 6.54 Å². The predicted molar refractivity (Wildman–Crippen MR) is 79.9 cm³/mol. The Bertz CT molecular complexity index is 523. The van der Waals surface area contributed by atoms with E-state index in [1.165, 1.54) is 10.9 Å². The standard InChI is InChI=1S/C15H19FN2S/c1-11(2)18(10-12-5-4-8-19-12)15-7-3-6-14(16)13(15)9-17/h3-8,11H,9-10,17H2,1-2H3. The molecule has 2 nitrogen and oxygen atoms in total. The maximum atomic E-state index is 13.8. The van der Waals surface area contributed by atoms with E-state index >= 15 is 0 Å². The second-order valence-electron chi connectivity index (χ2n) is 4.74. The zero-order chi connectivity index (χ0) is 13.8. The van der Waals surface area contributed by atoms with Gasteiger partial charge >= 0.3 is 0 Å². The van der Waals surface area contributed by atoms with E-state index in [1.54, 1.807) is 17.4 Å². The van der Waals surface area contributed by atoms with Gasteiger partial charge in [-0.2, -0.15) is 0 Å². The fourth-order valence-electron chi connectivity index (χ4n) is 2.13. The third-order valence-electron chi connectivity index (χ3n) is 3.14. The number of halogens is 1. The van der Waals surface area contributed by atoms with Crippen LogP contribution >= 0.6 is 11.3 Å². The summed E-state index contributed by atoms with van der Waals surface area (Å²) in [5, 5.41) is 2.06. The largest absolute Gasteiger partial charge is 0.364 e. The number of nitrogens with two attached hydrogens (primary N) is 1. The highest BCUT2D eigenvalue weighted by atomic mass is 32.1. The van der Waals surface area contributed by atoms with Crippen LogP contribution in [0.15, 0.2) is 35.7 Å². The Kier molecular flexibility index (Phi) is 4.56. The lowest BCUT2D eigenvalue weighted by Crippen LogP contribution is -2.31. The highest BCUT2D eigenvalue weighted by Gasteiger charge is 2.17. The molecule has 0 bridgehead atoms. The Morgan fingerprint density at radius 1 is 1.26 bits per heavy atom. The first kappa shape index (κ1) is 14.0. The monoisotopic (exact) mass is 278 g/mol. The van der Waals surface area contributed by atoms with Crippen LogP contribution in [-0.4, -0.2) is 6.04 Å². The molecule has 102 valence electrons. The van der Waals surface area contributed by atoms with Crippen LogP contribution in [0.5, 0.6) is 0 Å². The van der Waals surface area contributed by atoms with Crippen LogP contribution in [0.4, 0.5) is 10.1 Å². The Labute approximate surface area is 117 Å². The van der Waals surface area contributed by atoms with Crippen LogP contribution in [0.25, 0.3) is 0 Å². The molecule has 2 N–H and O–H groups in total. The number of hydrogen-bond acceptors (Lipinski definition) is 3. The molecule has 0 amide bonds. The van der Waals surface area contributed by atoms with Gasteiger partial charge in [0.1, 0.15) is 5.82 Å². The summed E-state index contributed by atoms with van der Waals surface area (Å²) in [6.07, 6.45) is 0. The van der Waals surface area contributed by atoms with Crippen molar-refractivity contribution >= 4 is 17.0 Å². The molecule has 1 aromatic heterocycles. The highest BCUT2D eigenvalue weighted by Crippen LogP contribution is 2.27. The van der Waals surface area contributed by atoms with E-state index in [0.29, 0.717) is 5.56 Å². The maximum Gasteiger partial charge on any atom is 0.129 e. The lowest BCUT2D eigenvalue weighted by Gasteiger charge is -2.30. The zero-order valence-corrected chi connectivity index (χ0v) is 12.1. The van der Waals surface area contributed by atoms with Crippen molar-refractivity contribution in [1.82, 2.24) is 0 Å². The topological polar surface area (TPSA) is 29.3 Å². The van der Waals surface area contributed by atoms with Gasteiger partial charge in [0, 0.05) is 28.7 Å². The van der Waals surface area contributed by atoms with Crippen molar-refractivity contribution in [3.63, 3.8) is 0 Å². The molecule has 0 atom stereocenters. The van der Waals surface area contributed by atoms with E-state index in [1.807, 2.05) is 12.1 Å². The summed E-state index contributed by atoms with van der Waals surface area (Å²) in [7, 11) is 0. The minimum atomic E-state index is -0.225. The summed E-state index contributed by atoms with van der Waals surface area (Å²) in [6, 6.07) is 9.58. The summed E-state index contributed by atoms with van der Waals surface area (Å²) >= 11 is 1.71. The van der Waals surface area contributed by atoms with Gasteiger partial charge in [-0.05, 0) is 37.4 Å².